The molecular weight excluding hydrogens is 603 g/mol. The number of alkyl halides is 3. The van der Waals surface area contributed by atoms with Crippen molar-refractivity contribution >= 4 is 23.0 Å². The van der Waals surface area contributed by atoms with Gasteiger partial charge in [0.2, 0.25) is 5.91 Å². The van der Waals surface area contributed by atoms with Gasteiger partial charge >= 0.3 is 11.9 Å². The summed E-state index contributed by atoms with van der Waals surface area (Å²) in [7, 11) is 1.41. The van der Waals surface area contributed by atoms with Gasteiger partial charge in [0.25, 0.3) is 0 Å². The van der Waals surface area contributed by atoms with Gasteiger partial charge in [-0.3, -0.25) is 19.8 Å². The van der Waals surface area contributed by atoms with E-state index in [2.05, 4.69) is 15.1 Å². The SMILES string of the molecule is COc1cc(NC2CCN(C(=O)CCN3CCN(c4ccc(OCc5ccc(C(F)(F)F)cc5)cc4)CC3)CC2)ccc1[N+](=O)[O-]. The topological polar surface area (TPSA) is 100 Å². The lowest BCUT2D eigenvalue weighted by Crippen LogP contribution is -2.48. The summed E-state index contributed by atoms with van der Waals surface area (Å²) >= 11 is 0. The van der Waals surface area contributed by atoms with Crippen molar-refractivity contribution in [1.29, 1.82) is 0 Å². The fourth-order valence-corrected chi connectivity index (χ4v) is 5.78. The van der Waals surface area contributed by atoms with Gasteiger partial charge in [0.1, 0.15) is 12.4 Å². The summed E-state index contributed by atoms with van der Waals surface area (Å²) in [5.74, 6) is 1.01. The first-order valence-electron chi connectivity index (χ1n) is 15.3. The number of hydrogen-bond acceptors (Lipinski definition) is 8. The lowest BCUT2D eigenvalue weighted by atomic mass is 10.0. The van der Waals surface area contributed by atoms with Crippen molar-refractivity contribution in [2.24, 2.45) is 0 Å². The summed E-state index contributed by atoms with van der Waals surface area (Å²) in [4.78, 5) is 30.1. The fraction of sp³-hybridized carbons (Fsp3) is 0.424. The predicted octanol–water partition coefficient (Wildman–Crippen LogP) is 5.82. The van der Waals surface area contributed by atoms with E-state index < -0.39 is 16.7 Å². The van der Waals surface area contributed by atoms with E-state index in [1.54, 1.807) is 12.1 Å². The number of likely N-dealkylation sites (tertiary alicyclic amines) is 1. The minimum absolute atomic E-state index is 0.0752. The number of nitro benzene ring substituents is 1. The number of nitrogens with zero attached hydrogens (tertiary/aromatic N) is 4. The Hall–Kier alpha value is -4.52. The third-order valence-electron chi connectivity index (χ3n) is 8.50. The molecule has 0 unspecified atom stereocenters. The first kappa shape index (κ1) is 32.9. The van der Waals surface area contributed by atoms with Gasteiger partial charge in [-0.15, -0.1) is 0 Å². The van der Waals surface area contributed by atoms with Crippen molar-refractivity contribution in [1.82, 2.24) is 9.80 Å². The van der Waals surface area contributed by atoms with Gasteiger partial charge in [-0.1, -0.05) is 12.1 Å². The Morgan fingerprint density at radius 1 is 0.957 bits per heavy atom. The van der Waals surface area contributed by atoms with Crippen molar-refractivity contribution in [3.63, 3.8) is 0 Å². The smallest absolute Gasteiger partial charge is 0.416 e. The van der Waals surface area contributed by atoms with Crippen molar-refractivity contribution in [3.05, 3.63) is 88.0 Å². The number of anilines is 2. The molecule has 10 nitrogen and oxygen atoms in total. The molecule has 0 atom stereocenters. The highest BCUT2D eigenvalue weighted by Gasteiger charge is 2.30. The number of piperidine rings is 1. The molecule has 0 spiro atoms. The van der Waals surface area contributed by atoms with Crippen molar-refractivity contribution < 1.29 is 32.4 Å². The molecule has 2 saturated heterocycles. The Balaban J connectivity index is 0.990. The number of hydrogen-bond donors (Lipinski definition) is 1. The van der Waals surface area contributed by atoms with Crippen LogP contribution in [0.15, 0.2) is 66.7 Å². The summed E-state index contributed by atoms with van der Waals surface area (Å²) in [5.41, 5.74) is 1.74. The van der Waals surface area contributed by atoms with Gasteiger partial charge in [-0.25, -0.2) is 0 Å². The Morgan fingerprint density at radius 2 is 1.63 bits per heavy atom. The Bertz CT molecular complexity index is 1470. The van der Waals surface area contributed by atoms with Crippen LogP contribution in [0.3, 0.4) is 0 Å². The summed E-state index contributed by atoms with van der Waals surface area (Å²) in [5, 5.41) is 14.5. The molecule has 0 aliphatic carbocycles. The van der Waals surface area contributed by atoms with Crippen LogP contribution in [0.4, 0.5) is 30.2 Å². The van der Waals surface area contributed by atoms with Crippen molar-refractivity contribution in [2.75, 3.05) is 63.1 Å². The predicted molar refractivity (Wildman–Crippen MR) is 168 cm³/mol. The van der Waals surface area contributed by atoms with E-state index in [-0.39, 0.29) is 30.0 Å². The van der Waals surface area contributed by atoms with Gasteiger partial charge in [0, 0.05) is 81.8 Å². The molecule has 1 N–H and O–H groups in total. The second kappa shape index (κ2) is 14.7. The van der Waals surface area contributed by atoms with Gasteiger partial charge in [0.05, 0.1) is 17.6 Å². The maximum atomic E-state index is 12.9. The summed E-state index contributed by atoms with van der Waals surface area (Å²) in [6.45, 7) is 5.60. The highest BCUT2D eigenvalue weighted by molar-refractivity contribution is 5.76. The second-order valence-electron chi connectivity index (χ2n) is 11.5. The van der Waals surface area contributed by atoms with Gasteiger partial charge in [0.15, 0.2) is 5.75 Å². The van der Waals surface area contributed by atoms with E-state index in [1.807, 2.05) is 29.2 Å². The quantitative estimate of drug-likeness (QED) is 0.207. The van der Waals surface area contributed by atoms with Crippen LogP contribution in [0.25, 0.3) is 0 Å². The normalized spacial score (nSPS) is 16.3. The summed E-state index contributed by atoms with van der Waals surface area (Å²) < 4.78 is 49.2. The molecule has 2 fully saturated rings. The van der Waals surface area contributed by atoms with E-state index in [4.69, 9.17) is 9.47 Å². The number of carbonyl (C=O) groups excluding carboxylic acids is 1. The number of benzene rings is 3. The van der Waals surface area contributed by atoms with Crippen molar-refractivity contribution in [2.45, 2.75) is 38.1 Å². The van der Waals surface area contributed by atoms with E-state index >= 15 is 0 Å². The van der Waals surface area contributed by atoms with Crippen LogP contribution < -0.4 is 19.7 Å². The van der Waals surface area contributed by atoms with E-state index in [1.165, 1.54) is 25.3 Å². The van der Waals surface area contributed by atoms with Crippen LogP contribution in [-0.2, 0) is 17.6 Å². The lowest BCUT2D eigenvalue weighted by Gasteiger charge is -2.37. The summed E-state index contributed by atoms with van der Waals surface area (Å²) in [6, 6.07) is 17.6. The molecule has 3 aromatic rings. The Morgan fingerprint density at radius 3 is 2.24 bits per heavy atom. The van der Waals surface area contributed by atoms with E-state index in [0.29, 0.717) is 37.4 Å². The molecule has 0 radical (unpaired) electrons. The average Bonchev–Trinajstić information content (AvgIpc) is 3.06. The Kier molecular flexibility index (Phi) is 10.5. The number of amides is 1. The van der Waals surface area contributed by atoms with Crippen LogP contribution >= 0.6 is 0 Å². The van der Waals surface area contributed by atoms with Crippen LogP contribution in [0.2, 0.25) is 0 Å². The highest BCUT2D eigenvalue weighted by atomic mass is 19.4. The van der Waals surface area contributed by atoms with Gasteiger partial charge in [-0.05, 0) is 60.9 Å². The van der Waals surface area contributed by atoms with Crippen molar-refractivity contribution in [3.8, 4) is 11.5 Å². The molecule has 3 aromatic carbocycles. The van der Waals surface area contributed by atoms with Crippen LogP contribution in [0.5, 0.6) is 11.5 Å². The molecular formula is C33H38F3N5O5. The monoisotopic (exact) mass is 641 g/mol. The van der Waals surface area contributed by atoms with E-state index in [9.17, 15) is 28.1 Å². The van der Waals surface area contributed by atoms with Gasteiger partial charge < -0.3 is 24.6 Å². The zero-order chi connectivity index (χ0) is 32.7. The maximum Gasteiger partial charge on any atom is 0.416 e. The lowest BCUT2D eigenvalue weighted by molar-refractivity contribution is -0.385. The summed E-state index contributed by atoms with van der Waals surface area (Å²) in [6.07, 6.45) is -2.29. The first-order chi connectivity index (χ1) is 22.1. The number of methoxy groups -OCH3 is 1. The third kappa shape index (κ3) is 8.59. The molecule has 13 heteroatoms. The maximum absolute atomic E-state index is 12.9. The average molecular weight is 642 g/mol. The molecule has 0 saturated carbocycles. The molecule has 46 heavy (non-hydrogen) atoms. The van der Waals surface area contributed by atoms with Crippen LogP contribution in [0, 0.1) is 10.1 Å². The van der Waals surface area contributed by atoms with Gasteiger partial charge in [-0.2, -0.15) is 13.2 Å². The molecule has 1 amide bonds. The largest absolute Gasteiger partial charge is 0.490 e. The number of rotatable bonds is 11. The third-order valence-corrected chi connectivity index (χ3v) is 8.50. The zero-order valence-electron chi connectivity index (χ0n) is 25.7. The number of nitrogens with one attached hydrogen (secondary N) is 1. The minimum Gasteiger partial charge on any atom is -0.490 e. The first-order valence-corrected chi connectivity index (χ1v) is 15.3. The second-order valence-corrected chi connectivity index (χ2v) is 11.5. The molecule has 5 rings (SSSR count). The van der Waals surface area contributed by atoms with Crippen LogP contribution in [-0.4, -0.2) is 79.6 Å². The highest BCUT2D eigenvalue weighted by Crippen LogP contribution is 2.31. The number of piperazine rings is 1. The number of halogens is 3. The zero-order valence-corrected chi connectivity index (χ0v) is 25.7. The standard InChI is InChI=1S/C33H38F3N5O5/c1-45-31-22-27(6-11-30(31)41(43)44)37-26-12-16-40(17-13-26)32(42)14-15-38-18-20-39(21-19-38)28-7-9-29(10-8-28)46-23-24-2-4-25(5-3-24)33(34,35)36/h2-11,22,26,37H,12-21,23H2,1H3. The minimum atomic E-state index is -4.35. The molecule has 2 heterocycles. The molecule has 0 aromatic heterocycles. The fourth-order valence-electron chi connectivity index (χ4n) is 5.78. The Labute approximate surface area is 265 Å². The number of ether oxygens (including phenoxy) is 2. The molecule has 246 valence electrons. The molecule has 2 aliphatic rings. The van der Waals surface area contributed by atoms with E-state index in [0.717, 1.165) is 62.5 Å². The number of carbonyl (C=O) groups is 1. The molecule has 0 bridgehead atoms. The number of nitro groups is 1. The van der Waals surface area contributed by atoms with Crippen LogP contribution in [0.1, 0.15) is 30.4 Å². The molecule has 2 aliphatic heterocycles.